The zero-order chi connectivity index (χ0) is 19.3. The van der Waals surface area contributed by atoms with Gasteiger partial charge in [-0.05, 0) is 47.6 Å². The number of pyridine rings is 2. The van der Waals surface area contributed by atoms with Crippen LogP contribution in [-0.2, 0) is 12.0 Å². The number of nitrogens with zero attached hydrogens (tertiary/aromatic N) is 3. The third-order valence-corrected chi connectivity index (χ3v) is 6.08. The van der Waals surface area contributed by atoms with E-state index in [1.165, 1.54) is 5.56 Å². The van der Waals surface area contributed by atoms with Crippen LogP contribution in [0.2, 0.25) is 0 Å². The van der Waals surface area contributed by atoms with Crippen molar-refractivity contribution < 1.29 is 10.2 Å². The number of β-amino-alcohol motifs (C(OH)–C–C–N with tert-alkyl or cyclic N) is 1. The van der Waals surface area contributed by atoms with Gasteiger partial charge < -0.3 is 20.8 Å². The molecule has 146 valence electrons. The van der Waals surface area contributed by atoms with Crippen LogP contribution in [0.15, 0.2) is 36.7 Å². The van der Waals surface area contributed by atoms with Crippen molar-refractivity contribution in [2.45, 2.75) is 43.9 Å². The molecular formula is C21H25N5O2. The number of hydrogen-bond acceptors (Lipinski definition) is 6. The molecule has 0 unspecified atom stereocenters. The second-order valence-corrected chi connectivity index (χ2v) is 8.19. The topological polar surface area (TPSA) is 94.7 Å². The largest absolute Gasteiger partial charge is 0.392 e. The molecule has 28 heavy (non-hydrogen) atoms. The van der Waals surface area contributed by atoms with Gasteiger partial charge in [-0.2, -0.15) is 0 Å². The van der Waals surface area contributed by atoms with Gasteiger partial charge in [0, 0.05) is 19.3 Å². The molecule has 1 saturated heterocycles. The van der Waals surface area contributed by atoms with Crippen LogP contribution in [0.25, 0.3) is 17.0 Å². The lowest BCUT2D eigenvalue weighted by atomic mass is 9.95. The van der Waals surface area contributed by atoms with E-state index >= 15 is 0 Å². The Morgan fingerprint density at radius 1 is 1.32 bits per heavy atom. The zero-order valence-electron chi connectivity index (χ0n) is 15.9. The van der Waals surface area contributed by atoms with Crippen LogP contribution in [-0.4, -0.2) is 49.8 Å². The van der Waals surface area contributed by atoms with Crippen molar-refractivity contribution in [3.8, 4) is 11.4 Å². The van der Waals surface area contributed by atoms with Crippen molar-refractivity contribution in [2.75, 3.05) is 18.4 Å². The van der Waals surface area contributed by atoms with Gasteiger partial charge in [-0.1, -0.05) is 13.0 Å². The summed E-state index contributed by atoms with van der Waals surface area (Å²) in [6.07, 6.45) is 5.81. The minimum Gasteiger partial charge on any atom is -0.392 e. The summed E-state index contributed by atoms with van der Waals surface area (Å²) in [6.45, 7) is 3.58. The summed E-state index contributed by atoms with van der Waals surface area (Å²) in [5.74, 6) is 0.738. The number of aliphatic hydroxyl groups excluding tert-OH is 2. The Hall–Kier alpha value is -2.48. The molecule has 2 fully saturated rings. The molecule has 3 aromatic heterocycles. The van der Waals surface area contributed by atoms with Crippen molar-refractivity contribution >= 4 is 11.5 Å². The average molecular weight is 379 g/mol. The monoisotopic (exact) mass is 379 g/mol. The maximum absolute atomic E-state index is 10.0. The summed E-state index contributed by atoms with van der Waals surface area (Å²) in [5, 5.41) is 26.3. The lowest BCUT2D eigenvalue weighted by Gasteiger charge is -2.17. The minimum absolute atomic E-state index is 0.0268. The second-order valence-electron chi connectivity index (χ2n) is 8.19. The van der Waals surface area contributed by atoms with E-state index in [2.05, 4.69) is 33.1 Å². The third-order valence-electron chi connectivity index (χ3n) is 6.08. The van der Waals surface area contributed by atoms with Crippen molar-refractivity contribution in [3.05, 3.63) is 47.8 Å². The van der Waals surface area contributed by atoms with E-state index < -0.39 is 6.10 Å². The van der Waals surface area contributed by atoms with E-state index in [0.717, 1.165) is 41.3 Å². The van der Waals surface area contributed by atoms with Gasteiger partial charge in [0.2, 0.25) is 0 Å². The molecule has 5 rings (SSSR count). The van der Waals surface area contributed by atoms with Gasteiger partial charge >= 0.3 is 0 Å². The first-order valence-corrected chi connectivity index (χ1v) is 9.81. The quantitative estimate of drug-likeness (QED) is 0.539. The highest BCUT2D eigenvalue weighted by Gasteiger charge is 2.41. The van der Waals surface area contributed by atoms with Crippen LogP contribution in [0.5, 0.6) is 0 Å². The first-order valence-electron chi connectivity index (χ1n) is 9.81. The van der Waals surface area contributed by atoms with Gasteiger partial charge in [-0.25, -0.2) is 9.97 Å². The molecule has 1 aliphatic carbocycles. The Morgan fingerprint density at radius 2 is 2.18 bits per heavy atom. The SMILES string of the molecule is CC1(c2cn3c(-c4cccc(N[C@H]5CNC[C@@H]5O)n4)cnc3cc2CO)CC1. The maximum Gasteiger partial charge on any atom is 0.137 e. The fourth-order valence-corrected chi connectivity index (χ4v) is 4.04. The molecule has 4 N–H and O–H groups in total. The van der Waals surface area contributed by atoms with Crippen molar-refractivity contribution in [1.29, 1.82) is 0 Å². The average Bonchev–Trinajstić information content (AvgIpc) is 3.12. The first kappa shape index (κ1) is 17.6. The third kappa shape index (κ3) is 2.96. The Morgan fingerprint density at radius 3 is 2.89 bits per heavy atom. The molecule has 7 heteroatoms. The van der Waals surface area contributed by atoms with Crippen molar-refractivity contribution in [3.63, 3.8) is 0 Å². The smallest absolute Gasteiger partial charge is 0.137 e. The summed E-state index contributed by atoms with van der Waals surface area (Å²) in [6, 6.07) is 7.78. The Bertz CT molecular complexity index is 1030. The number of fused-ring (bicyclic) bond motifs is 1. The normalized spacial score (nSPS) is 23.2. The fourth-order valence-electron chi connectivity index (χ4n) is 4.04. The van der Waals surface area contributed by atoms with Gasteiger partial charge in [0.15, 0.2) is 0 Å². The van der Waals surface area contributed by atoms with Gasteiger partial charge in [0.05, 0.1) is 36.3 Å². The Kier molecular flexibility index (Phi) is 4.12. The molecule has 3 aromatic rings. The summed E-state index contributed by atoms with van der Waals surface area (Å²) in [4.78, 5) is 9.29. The molecule has 0 amide bonds. The molecule has 0 aromatic carbocycles. The fraction of sp³-hybridized carbons (Fsp3) is 0.429. The number of nitrogens with one attached hydrogen (secondary N) is 2. The van der Waals surface area contributed by atoms with Crippen molar-refractivity contribution in [1.82, 2.24) is 19.7 Å². The van der Waals surface area contributed by atoms with Gasteiger partial charge in [-0.15, -0.1) is 0 Å². The predicted octanol–water partition coefficient (Wildman–Crippen LogP) is 1.68. The van der Waals surface area contributed by atoms with E-state index in [1.54, 1.807) is 0 Å². The maximum atomic E-state index is 10.0. The molecule has 4 heterocycles. The van der Waals surface area contributed by atoms with Crippen LogP contribution in [0.4, 0.5) is 5.82 Å². The number of anilines is 1. The van der Waals surface area contributed by atoms with Crippen LogP contribution >= 0.6 is 0 Å². The van der Waals surface area contributed by atoms with Gasteiger partial charge in [0.25, 0.3) is 0 Å². The van der Waals surface area contributed by atoms with E-state index in [4.69, 9.17) is 4.98 Å². The van der Waals surface area contributed by atoms with Crippen LogP contribution in [0, 0.1) is 0 Å². The summed E-state index contributed by atoms with van der Waals surface area (Å²) >= 11 is 0. The minimum atomic E-state index is -0.417. The Labute approximate surface area is 163 Å². The van der Waals surface area contributed by atoms with Crippen LogP contribution < -0.4 is 10.6 Å². The lowest BCUT2D eigenvalue weighted by molar-refractivity contribution is 0.185. The molecular weight excluding hydrogens is 354 g/mol. The number of aromatic nitrogens is 3. The highest BCUT2D eigenvalue weighted by molar-refractivity contribution is 5.63. The molecule has 0 radical (unpaired) electrons. The van der Waals surface area contributed by atoms with Crippen LogP contribution in [0.3, 0.4) is 0 Å². The molecule has 0 spiro atoms. The van der Waals surface area contributed by atoms with E-state index in [0.29, 0.717) is 13.1 Å². The number of aliphatic hydroxyl groups is 2. The predicted molar refractivity (Wildman–Crippen MR) is 107 cm³/mol. The zero-order valence-corrected chi connectivity index (χ0v) is 15.9. The number of hydrogen-bond donors (Lipinski definition) is 4. The molecule has 2 aliphatic rings. The molecule has 7 nitrogen and oxygen atoms in total. The number of rotatable bonds is 5. The van der Waals surface area contributed by atoms with E-state index in [9.17, 15) is 10.2 Å². The van der Waals surface area contributed by atoms with E-state index in [1.807, 2.05) is 30.5 Å². The highest BCUT2D eigenvalue weighted by Crippen LogP contribution is 2.49. The van der Waals surface area contributed by atoms with Crippen molar-refractivity contribution in [2.24, 2.45) is 0 Å². The second kappa shape index (κ2) is 6.55. The number of imidazole rings is 1. The highest BCUT2D eigenvalue weighted by atomic mass is 16.3. The van der Waals surface area contributed by atoms with E-state index in [-0.39, 0.29) is 18.1 Å². The molecule has 0 bridgehead atoms. The Balaban J connectivity index is 1.53. The van der Waals surface area contributed by atoms with Crippen LogP contribution in [0.1, 0.15) is 30.9 Å². The summed E-state index contributed by atoms with van der Waals surface area (Å²) < 4.78 is 2.07. The molecule has 1 saturated carbocycles. The first-order chi connectivity index (χ1) is 13.6. The standard InChI is InChI=1S/C21H25N5O2/c1-21(5-6-21)14-11-26-17(9-23-20(26)7-13(14)12-27)15-3-2-4-19(24-15)25-16-8-22-10-18(16)28/h2-4,7,9,11,16,18,22,27-28H,5-6,8,10,12H2,1H3,(H,24,25)/t16-,18-/m0/s1. The van der Waals surface area contributed by atoms with Gasteiger partial charge in [0.1, 0.15) is 11.5 Å². The summed E-state index contributed by atoms with van der Waals surface area (Å²) in [5.41, 5.74) is 4.84. The molecule has 1 aliphatic heterocycles. The van der Waals surface area contributed by atoms with Gasteiger partial charge in [-0.3, -0.25) is 4.40 Å². The lowest BCUT2D eigenvalue weighted by Crippen LogP contribution is -2.32. The molecule has 2 atom stereocenters. The summed E-state index contributed by atoms with van der Waals surface area (Å²) in [7, 11) is 0.